The molecule has 0 aliphatic heterocycles. The molecule has 0 saturated heterocycles. The summed E-state index contributed by atoms with van der Waals surface area (Å²) >= 11 is 0. The van der Waals surface area contributed by atoms with Crippen molar-refractivity contribution in [1.29, 1.82) is 0 Å². The number of aliphatic hydroxyl groups is 1. The monoisotopic (exact) mass is 628 g/mol. The minimum atomic E-state index is -1.28. The van der Waals surface area contributed by atoms with Crippen molar-refractivity contribution in [2.24, 2.45) is 0 Å². The highest BCUT2D eigenvalue weighted by Gasteiger charge is 2.13. The molecule has 0 bridgehead atoms. The molecule has 0 fully saturated rings. The fourth-order valence-corrected chi connectivity index (χ4v) is 2.17. The average molecular weight is 628 g/mol. The van der Waals surface area contributed by atoms with Crippen LogP contribution in [0, 0.1) is 9.93 Å². The minimum absolute atomic E-state index is 0. The van der Waals surface area contributed by atoms with Crippen molar-refractivity contribution in [3.63, 3.8) is 0 Å². The third kappa shape index (κ3) is 14.8. The second-order valence-corrected chi connectivity index (χ2v) is 6.60. The summed E-state index contributed by atoms with van der Waals surface area (Å²) < 4.78 is 18.2. The van der Waals surface area contributed by atoms with Gasteiger partial charge in [-0.25, -0.2) is 19.2 Å². The first-order valence-electron chi connectivity index (χ1n) is 10.4. The van der Waals surface area contributed by atoms with Crippen LogP contribution in [-0.2, 0) is 6.61 Å². The molecule has 0 aliphatic carbocycles. The van der Waals surface area contributed by atoms with Gasteiger partial charge in [-0.3, -0.25) is 14.4 Å². The van der Waals surface area contributed by atoms with E-state index in [2.05, 4.69) is 13.3 Å². The van der Waals surface area contributed by atoms with Crippen LogP contribution in [0.3, 0.4) is 0 Å². The van der Waals surface area contributed by atoms with E-state index in [1.807, 2.05) is 0 Å². The smallest absolute Gasteiger partial charge is 0.371 e. The van der Waals surface area contributed by atoms with E-state index in [0.29, 0.717) is 24.6 Å². The largest absolute Gasteiger partial charge is 0.475 e. The van der Waals surface area contributed by atoms with E-state index in [0.717, 1.165) is 12.1 Å². The number of rotatable bonds is 8. The molecule has 0 amide bonds. The first kappa shape index (κ1) is 42.0. The van der Waals surface area contributed by atoms with Gasteiger partial charge in [0.1, 0.15) is 12.4 Å². The molecule has 4 rings (SSSR count). The van der Waals surface area contributed by atoms with Crippen molar-refractivity contribution < 1.29 is 82.2 Å². The van der Waals surface area contributed by atoms with Crippen LogP contribution in [-0.4, -0.2) is 73.7 Å². The van der Waals surface area contributed by atoms with E-state index < -0.39 is 23.9 Å². The van der Waals surface area contributed by atoms with Crippen LogP contribution < -0.4 is 0 Å². The van der Waals surface area contributed by atoms with Crippen molar-refractivity contribution in [3.8, 4) is 0 Å². The molecule has 44 heavy (non-hydrogen) atoms. The molecule has 19 heteroatoms. The second-order valence-electron chi connectivity index (χ2n) is 6.60. The maximum Gasteiger partial charge on any atom is 0.371 e. The first-order valence-corrected chi connectivity index (χ1v) is 10.4. The normalized spacial score (nSPS) is 8.57. The molecule has 0 aromatic carbocycles. The molecule has 0 radical (unpaired) electrons. The Labute approximate surface area is 244 Å². The van der Waals surface area contributed by atoms with Gasteiger partial charge in [-0.2, -0.15) is 0 Å². The Morgan fingerprint density at radius 1 is 0.523 bits per heavy atom. The molecule has 0 unspecified atom stereocenters. The molecule has 4 heterocycles. The predicted octanol–water partition coefficient (Wildman–Crippen LogP) is 2.72. The zero-order valence-electron chi connectivity index (χ0n) is 21.1. The molecule has 0 atom stereocenters. The van der Waals surface area contributed by atoms with Crippen LogP contribution in [0.25, 0.3) is 0 Å². The number of aldehydes is 3. The van der Waals surface area contributed by atoms with Crippen molar-refractivity contribution in [3.05, 3.63) is 105 Å². The Morgan fingerprint density at radius 2 is 0.795 bits per heavy atom. The minimum Gasteiger partial charge on any atom is -0.475 e. The van der Waals surface area contributed by atoms with E-state index in [-0.39, 0.29) is 59.8 Å². The molecule has 0 spiro atoms. The molecule has 4 aromatic heterocycles. The molecule has 0 aliphatic rings. The summed E-state index contributed by atoms with van der Waals surface area (Å²) in [6.07, 6.45) is 1.50. The SMILES string of the molecule is C.O.O=C(O)c1ccc(C(=O)O)o1.O=Cc1ccc(C(=O)O)o1.O=Cc1ccc(C(=O)O)o1.O=Cc1ccc(CO)o1.O=O. The van der Waals surface area contributed by atoms with Crippen molar-refractivity contribution >= 4 is 42.7 Å². The maximum absolute atomic E-state index is 10.2. The topological polar surface area (TPSA) is 339 Å². The number of carbonyl (C=O) groups excluding carboxylic acids is 3. The van der Waals surface area contributed by atoms with Crippen LogP contribution in [0.15, 0.2) is 66.2 Å². The third-order valence-corrected chi connectivity index (χ3v) is 3.89. The van der Waals surface area contributed by atoms with Crippen molar-refractivity contribution in [1.82, 2.24) is 0 Å². The molecular weight excluding hydrogens is 604 g/mol. The lowest BCUT2D eigenvalue weighted by Crippen LogP contribution is -1.94. The quantitative estimate of drug-likeness (QED) is 0.175. The lowest BCUT2D eigenvalue weighted by atomic mass is 10.4. The fourth-order valence-electron chi connectivity index (χ4n) is 2.17. The number of aliphatic hydroxyl groups excluding tert-OH is 1. The average Bonchev–Trinajstić information content (AvgIpc) is 3.80. The van der Waals surface area contributed by atoms with Crippen LogP contribution in [0.5, 0.6) is 0 Å². The highest BCUT2D eigenvalue weighted by Crippen LogP contribution is 2.07. The number of hydrogen-bond donors (Lipinski definition) is 5. The Balaban J connectivity index is -0.000000493. The number of carbonyl (C=O) groups is 7. The van der Waals surface area contributed by atoms with Gasteiger partial charge in [0.25, 0.3) is 0 Å². The van der Waals surface area contributed by atoms with Crippen molar-refractivity contribution in [2.75, 3.05) is 0 Å². The van der Waals surface area contributed by atoms with Gasteiger partial charge in [0.15, 0.2) is 36.1 Å². The Kier molecular flexibility index (Phi) is 21.2. The molecular formula is C25H24O19. The van der Waals surface area contributed by atoms with Crippen LogP contribution >= 0.6 is 0 Å². The van der Waals surface area contributed by atoms with E-state index in [1.165, 1.54) is 30.3 Å². The van der Waals surface area contributed by atoms with Gasteiger partial charge >= 0.3 is 23.9 Å². The number of carboxylic acids is 4. The zero-order chi connectivity index (χ0) is 32.2. The van der Waals surface area contributed by atoms with Gasteiger partial charge in [0.2, 0.25) is 23.0 Å². The maximum atomic E-state index is 10.2. The van der Waals surface area contributed by atoms with Gasteiger partial charge in [-0.1, -0.05) is 7.43 Å². The van der Waals surface area contributed by atoms with Crippen molar-refractivity contribution in [2.45, 2.75) is 14.0 Å². The molecule has 7 N–H and O–H groups in total. The summed E-state index contributed by atoms with van der Waals surface area (Å²) in [4.78, 5) is 84.4. The van der Waals surface area contributed by atoms with E-state index in [1.54, 1.807) is 6.07 Å². The summed E-state index contributed by atoms with van der Waals surface area (Å²) in [5, 5.41) is 41.6. The summed E-state index contributed by atoms with van der Waals surface area (Å²) in [6.45, 7) is -0.159. The molecule has 0 saturated carbocycles. The van der Waals surface area contributed by atoms with Crippen LogP contribution in [0.2, 0.25) is 0 Å². The fraction of sp³-hybridized carbons (Fsp3) is 0.0800. The van der Waals surface area contributed by atoms with E-state index in [4.69, 9.17) is 39.9 Å². The van der Waals surface area contributed by atoms with E-state index in [9.17, 15) is 33.6 Å². The summed E-state index contributed by atoms with van der Waals surface area (Å²) in [5.74, 6) is -5.38. The van der Waals surface area contributed by atoms with Crippen LogP contribution in [0.1, 0.15) is 87.1 Å². The lowest BCUT2D eigenvalue weighted by Gasteiger charge is -1.84. The predicted molar refractivity (Wildman–Crippen MR) is 142 cm³/mol. The molecule has 19 nitrogen and oxygen atoms in total. The van der Waals surface area contributed by atoms with Gasteiger partial charge in [0.05, 0.1) is 0 Å². The first-order chi connectivity index (χ1) is 19.9. The highest BCUT2D eigenvalue weighted by molar-refractivity contribution is 5.89. The second kappa shape index (κ2) is 22.2. The number of furan rings is 4. The standard InChI is InChI=1S/C6H4O5.2C6H4O4.C6H6O3.CH4.O2.H2O/c7-5(8)3-1-2-4(11-3)6(9)10;2*7-3-4-1-2-5(10-4)6(8)9;7-3-5-1-2-6(4-8)9-5;;1-2;/h1-2H,(H,7,8)(H,9,10);2*1-3H,(H,8,9);1-3,8H,4H2;1H4;;1H2. The van der Waals surface area contributed by atoms with Gasteiger partial charge in [-0.05, 0) is 48.5 Å². The lowest BCUT2D eigenvalue weighted by molar-refractivity contribution is 0.0623. The third-order valence-electron chi connectivity index (χ3n) is 3.89. The van der Waals surface area contributed by atoms with Gasteiger partial charge < -0.3 is 48.7 Å². The highest BCUT2D eigenvalue weighted by atomic mass is 16.7. The van der Waals surface area contributed by atoms with E-state index >= 15 is 0 Å². The number of hydrogen-bond acceptors (Lipinski definition) is 14. The number of aromatic carboxylic acids is 4. The van der Waals surface area contributed by atoms with Gasteiger partial charge in [0, 0.05) is 9.93 Å². The Morgan fingerprint density at radius 3 is 0.977 bits per heavy atom. The summed E-state index contributed by atoms with van der Waals surface area (Å²) in [7, 11) is 0. The molecule has 238 valence electrons. The Hall–Kier alpha value is -6.47. The van der Waals surface area contributed by atoms with Crippen LogP contribution in [0.4, 0.5) is 0 Å². The van der Waals surface area contributed by atoms with Gasteiger partial charge in [-0.15, -0.1) is 0 Å². The summed E-state index contributed by atoms with van der Waals surface area (Å²) in [5.41, 5.74) is 0. The zero-order valence-corrected chi connectivity index (χ0v) is 21.1. The Bertz CT molecular complexity index is 1400. The number of carboxylic acid groups (broad SMARTS) is 4. The summed E-state index contributed by atoms with van der Waals surface area (Å²) in [6, 6.07) is 10.3. The molecule has 4 aromatic rings.